The van der Waals surface area contributed by atoms with Crippen LogP contribution in [-0.4, -0.2) is 44.2 Å². The first-order valence-electron chi connectivity index (χ1n) is 7.37. The Kier molecular flexibility index (Phi) is 3.71. The number of ether oxygens (including phenoxy) is 1. The molecule has 2 saturated heterocycles. The van der Waals surface area contributed by atoms with Gasteiger partial charge in [0.2, 0.25) is 11.8 Å². The fourth-order valence-corrected chi connectivity index (χ4v) is 3.41. The molecular formula is C15H22N4O2. The molecule has 3 heterocycles. The number of pyridine rings is 1. The number of amides is 1. The minimum absolute atomic E-state index is 0.0451. The second-order valence-electron chi connectivity index (χ2n) is 5.99. The molecule has 1 aromatic rings. The van der Waals surface area contributed by atoms with Crippen LogP contribution in [0.25, 0.3) is 0 Å². The lowest BCUT2D eigenvalue weighted by Crippen LogP contribution is -2.33. The van der Waals surface area contributed by atoms with Crippen molar-refractivity contribution in [3.05, 3.63) is 12.3 Å². The summed E-state index contributed by atoms with van der Waals surface area (Å²) in [7, 11) is 5.43. The van der Waals surface area contributed by atoms with Crippen molar-refractivity contribution in [1.82, 2.24) is 10.3 Å². The van der Waals surface area contributed by atoms with Crippen molar-refractivity contribution in [3.8, 4) is 5.88 Å². The Labute approximate surface area is 124 Å². The van der Waals surface area contributed by atoms with Gasteiger partial charge in [-0.3, -0.25) is 4.79 Å². The Balaban J connectivity index is 1.82. The van der Waals surface area contributed by atoms with E-state index < -0.39 is 0 Å². The van der Waals surface area contributed by atoms with E-state index in [-0.39, 0.29) is 11.8 Å². The standard InChI is InChI=1S/C15H22N4O2/c1-19(2)12-6-7-16-15(21-3)13(12)18-14(20)10-8-9-4-5-11(10)17-9/h6-7,9-11,17H,4-5,8H2,1-3H3,(H,18,20). The molecule has 21 heavy (non-hydrogen) atoms. The quantitative estimate of drug-likeness (QED) is 0.873. The molecule has 3 rings (SSSR count). The van der Waals surface area contributed by atoms with Gasteiger partial charge in [0.1, 0.15) is 5.69 Å². The molecule has 6 nitrogen and oxygen atoms in total. The highest BCUT2D eigenvalue weighted by atomic mass is 16.5. The van der Waals surface area contributed by atoms with Gasteiger partial charge in [0.15, 0.2) is 0 Å². The lowest BCUT2D eigenvalue weighted by atomic mass is 9.88. The third-order valence-corrected chi connectivity index (χ3v) is 4.45. The number of aromatic nitrogens is 1. The molecule has 0 aromatic carbocycles. The third kappa shape index (κ3) is 2.55. The number of carbonyl (C=O) groups is 1. The lowest BCUT2D eigenvalue weighted by Gasteiger charge is -2.23. The van der Waals surface area contributed by atoms with Crippen molar-refractivity contribution in [2.75, 3.05) is 31.4 Å². The predicted molar refractivity (Wildman–Crippen MR) is 81.8 cm³/mol. The molecule has 3 atom stereocenters. The van der Waals surface area contributed by atoms with Gasteiger partial charge in [-0.1, -0.05) is 0 Å². The Morgan fingerprint density at radius 3 is 2.86 bits per heavy atom. The number of rotatable bonds is 4. The summed E-state index contributed by atoms with van der Waals surface area (Å²) in [6.45, 7) is 0. The van der Waals surface area contributed by atoms with Gasteiger partial charge in [-0.25, -0.2) is 4.98 Å². The van der Waals surface area contributed by atoms with Crippen molar-refractivity contribution in [2.24, 2.45) is 5.92 Å². The van der Waals surface area contributed by atoms with Gasteiger partial charge < -0.3 is 20.3 Å². The highest BCUT2D eigenvalue weighted by Gasteiger charge is 2.43. The summed E-state index contributed by atoms with van der Waals surface area (Å²) in [5.41, 5.74) is 1.55. The molecule has 114 valence electrons. The second-order valence-corrected chi connectivity index (χ2v) is 5.99. The van der Waals surface area contributed by atoms with Crippen molar-refractivity contribution in [1.29, 1.82) is 0 Å². The summed E-state index contributed by atoms with van der Waals surface area (Å²) < 4.78 is 5.29. The first kappa shape index (κ1) is 14.1. The van der Waals surface area contributed by atoms with Gasteiger partial charge in [0.25, 0.3) is 0 Å². The molecule has 2 fully saturated rings. The summed E-state index contributed by atoms with van der Waals surface area (Å²) in [5, 5.41) is 6.52. The maximum Gasteiger partial charge on any atom is 0.239 e. The Bertz CT molecular complexity index is 546. The van der Waals surface area contributed by atoms with Gasteiger partial charge in [0, 0.05) is 32.4 Å². The van der Waals surface area contributed by atoms with Crippen LogP contribution >= 0.6 is 0 Å². The van der Waals surface area contributed by atoms with E-state index in [1.807, 2.05) is 25.1 Å². The van der Waals surface area contributed by atoms with E-state index in [0.29, 0.717) is 23.7 Å². The molecule has 2 bridgehead atoms. The minimum atomic E-state index is 0.0451. The van der Waals surface area contributed by atoms with Crippen LogP contribution < -0.4 is 20.3 Å². The topological polar surface area (TPSA) is 66.5 Å². The predicted octanol–water partition coefficient (Wildman–Crippen LogP) is 1.24. The van der Waals surface area contributed by atoms with E-state index in [1.165, 1.54) is 6.42 Å². The number of hydrogen-bond acceptors (Lipinski definition) is 5. The first-order chi connectivity index (χ1) is 10.1. The van der Waals surface area contributed by atoms with Crippen LogP contribution in [0.15, 0.2) is 12.3 Å². The lowest BCUT2D eigenvalue weighted by molar-refractivity contribution is -0.120. The zero-order valence-corrected chi connectivity index (χ0v) is 12.7. The van der Waals surface area contributed by atoms with E-state index in [0.717, 1.165) is 18.5 Å². The number of nitrogens with zero attached hydrogens (tertiary/aromatic N) is 2. The highest BCUT2D eigenvalue weighted by molar-refractivity contribution is 5.98. The summed E-state index contributed by atoms with van der Waals surface area (Å²) >= 11 is 0. The molecule has 3 unspecified atom stereocenters. The molecule has 6 heteroatoms. The summed E-state index contributed by atoms with van der Waals surface area (Å²) in [6.07, 6.45) is 4.89. The van der Waals surface area contributed by atoms with Gasteiger partial charge in [0.05, 0.1) is 18.7 Å². The Hall–Kier alpha value is -1.82. The van der Waals surface area contributed by atoms with Gasteiger partial charge in [-0.15, -0.1) is 0 Å². The normalized spacial score (nSPS) is 26.7. The average Bonchev–Trinajstić information content (AvgIpc) is 3.09. The summed E-state index contributed by atoms with van der Waals surface area (Å²) in [6, 6.07) is 2.70. The monoisotopic (exact) mass is 290 g/mol. The van der Waals surface area contributed by atoms with E-state index in [9.17, 15) is 4.79 Å². The SMILES string of the molecule is COc1nccc(N(C)C)c1NC(=O)C1CC2CCC1N2. The van der Waals surface area contributed by atoms with Crippen molar-refractivity contribution < 1.29 is 9.53 Å². The smallest absolute Gasteiger partial charge is 0.239 e. The van der Waals surface area contributed by atoms with Crippen molar-refractivity contribution >= 4 is 17.3 Å². The largest absolute Gasteiger partial charge is 0.479 e. The van der Waals surface area contributed by atoms with Crippen LogP contribution in [0.2, 0.25) is 0 Å². The third-order valence-electron chi connectivity index (χ3n) is 4.45. The van der Waals surface area contributed by atoms with Crippen molar-refractivity contribution in [3.63, 3.8) is 0 Å². The zero-order valence-electron chi connectivity index (χ0n) is 12.7. The number of carbonyl (C=O) groups excluding carboxylic acids is 1. The molecule has 0 saturated carbocycles. The molecule has 0 radical (unpaired) electrons. The van der Waals surface area contributed by atoms with E-state index in [1.54, 1.807) is 13.3 Å². The highest BCUT2D eigenvalue weighted by Crippen LogP contribution is 2.36. The van der Waals surface area contributed by atoms with Crippen LogP contribution in [-0.2, 0) is 4.79 Å². The summed E-state index contributed by atoms with van der Waals surface area (Å²) in [5.74, 6) is 0.554. The van der Waals surface area contributed by atoms with E-state index in [4.69, 9.17) is 4.74 Å². The maximum absolute atomic E-state index is 12.6. The zero-order chi connectivity index (χ0) is 15.0. The molecule has 1 amide bonds. The fraction of sp³-hybridized carbons (Fsp3) is 0.600. The van der Waals surface area contributed by atoms with E-state index >= 15 is 0 Å². The van der Waals surface area contributed by atoms with Crippen LogP contribution in [0, 0.1) is 5.92 Å². The molecule has 2 aliphatic rings. The molecule has 1 aromatic heterocycles. The molecular weight excluding hydrogens is 268 g/mol. The number of hydrogen-bond donors (Lipinski definition) is 2. The van der Waals surface area contributed by atoms with Crippen LogP contribution in [0.5, 0.6) is 5.88 Å². The van der Waals surface area contributed by atoms with Crippen LogP contribution in [0.1, 0.15) is 19.3 Å². The fourth-order valence-electron chi connectivity index (χ4n) is 3.41. The molecule has 2 N–H and O–H groups in total. The first-order valence-corrected chi connectivity index (χ1v) is 7.37. The molecule has 0 spiro atoms. The molecule has 0 aliphatic carbocycles. The maximum atomic E-state index is 12.6. The Morgan fingerprint density at radius 2 is 2.29 bits per heavy atom. The van der Waals surface area contributed by atoms with Crippen LogP contribution in [0.4, 0.5) is 11.4 Å². The van der Waals surface area contributed by atoms with Gasteiger partial charge in [-0.05, 0) is 25.3 Å². The number of methoxy groups -OCH3 is 1. The number of nitrogens with one attached hydrogen (secondary N) is 2. The van der Waals surface area contributed by atoms with Crippen molar-refractivity contribution in [2.45, 2.75) is 31.3 Å². The van der Waals surface area contributed by atoms with Gasteiger partial charge >= 0.3 is 0 Å². The Morgan fingerprint density at radius 1 is 1.48 bits per heavy atom. The average molecular weight is 290 g/mol. The number of anilines is 2. The van der Waals surface area contributed by atoms with Gasteiger partial charge in [-0.2, -0.15) is 0 Å². The minimum Gasteiger partial charge on any atom is -0.479 e. The molecule has 2 aliphatic heterocycles. The van der Waals surface area contributed by atoms with Crippen LogP contribution in [0.3, 0.4) is 0 Å². The summed E-state index contributed by atoms with van der Waals surface area (Å²) in [4.78, 5) is 18.7. The second kappa shape index (κ2) is 5.52. The van der Waals surface area contributed by atoms with E-state index in [2.05, 4.69) is 15.6 Å². The number of fused-ring (bicyclic) bond motifs is 2.